The number of nitrogens with zero attached hydrogens (tertiary/aromatic N) is 2. The Bertz CT molecular complexity index is 830. The molecule has 0 unspecified atom stereocenters. The van der Waals surface area contributed by atoms with E-state index in [-0.39, 0.29) is 5.69 Å². The van der Waals surface area contributed by atoms with Gasteiger partial charge in [-0.25, -0.2) is 13.6 Å². The van der Waals surface area contributed by atoms with Crippen LogP contribution < -0.4 is 4.90 Å². The first-order valence-corrected chi connectivity index (χ1v) is 8.96. The van der Waals surface area contributed by atoms with E-state index in [1.807, 2.05) is 0 Å². The molecular weight excluding hydrogens is 422 g/mol. The second-order valence-electron chi connectivity index (χ2n) is 7.51. The van der Waals surface area contributed by atoms with Gasteiger partial charge in [0.25, 0.3) is 0 Å². The molecule has 1 aromatic rings. The van der Waals surface area contributed by atoms with Gasteiger partial charge in [-0.3, -0.25) is 24.6 Å². The van der Waals surface area contributed by atoms with E-state index in [9.17, 15) is 33.3 Å². The summed E-state index contributed by atoms with van der Waals surface area (Å²) in [4.78, 5) is 47.3. The zero-order valence-corrected chi connectivity index (χ0v) is 17.9. The molecule has 1 aromatic carbocycles. The number of hydrogen-bond acceptors (Lipinski definition) is 8. The number of amides is 1. The maximum atomic E-state index is 14.9. The van der Waals surface area contributed by atoms with Crippen LogP contribution in [0.1, 0.15) is 32.3 Å². The third kappa shape index (κ3) is 6.59. The van der Waals surface area contributed by atoms with Gasteiger partial charge < -0.3 is 14.2 Å². The van der Waals surface area contributed by atoms with Crippen molar-refractivity contribution in [2.24, 2.45) is 5.92 Å². The van der Waals surface area contributed by atoms with Gasteiger partial charge in [0, 0.05) is 17.5 Å². The highest BCUT2D eigenvalue weighted by Crippen LogP contribution is 2.34. The average Bonchev–Trinajstić information content (AvgIpc) is 2.64. The van der Waals surface area contributed by atoms with Gasteiger partial charge in [0.1, 0.15) is 17.2 Å². The van der Waals surface area contributed by atoms with E-state index < -0.39 is 64.1 Å². The van der Waals surface area contributed by atoms with Crippen molar-refractivity contribution >= 4 is 23.7 Å². The SMILES string of the molecule is COC(=O)C(C(=O)OC)[C@@H](C[N+](=O)[O-])c1c(F)cc(N(C)C(=O)OC(C)(C)C)cc1F. The van der Waals surface area contributed by atoms with Crippen molar-refractivity contribution in [2.45, 2.75) is 32.3 Å². The molecule has 0 saturated heterocycles. The lowest BCUT2D eigenvalue weighted by Crippen LogP contribution is -2.37. The van der Waals surface area contributed by atoms with Crippen molar-refractivity contribution in [1.29, 1.82) is 0 Å². The number of anilines is 1. The maximum absolute atomic E-state index is 14.9. The predicted molar refractivity (Wildman–Crippen MR) is 103 cm³/mol. The molecule has 1 atom stereocenters. The lowest BCUT2D eigenvalue weighted by atomic mass is 9.85. The number of esters is 2. The van der Waals surface area contributed by atoms with Crippen LogP contribution in [-0.2, 0) is 23.8 Å². The van der Waals surface area contributed by atoms with Crippen molar-refractivity contribution in [3.63, 3.8) is 0 Å². The molecule has 0 fully saturated rings. The summed E-state index contributed by atoms with van der Waals surface area (Å²) in [6.45, 7) is 3.64. The minimum Gasteiger partial charge on any atom is -0.468 e. The summed E-state index contributed by atoms with van der Waals surface area (Å²) in [7, 11) is 3.03. The van der Waals surface area contributed by atoms with E-state index in [1.54, 1.807) is 20.8 Å². The number of carbonyl (C=O) groups is 3. The van der Waals surface area contributed by atoms with Crippen LogP contribution in [0.3, 0.4) is 0 Å². The number of carbonyl (C=O) groups excluding carboxylic acids is 3. The number of methoxy groups -OCH3 is 2. The van der Waals surface area contributed by atoms with Crippen LogP contribution in [-0.4, -0.2) is 56.4 Å². The first-order valence-electron chi connectivity index (χ1n) is 8.96. The predicted octanol–water partition coefficient (Wildman–Crippen LogP) is 2.66. The third-order valence-electron chi connectivity index (χ3n) is 4.15. The molecule has 0 heterocycles. The summed E-state index contributed by atoms with van der Waals surface area (Å²) in [5.41, 5.74) is -2.01. The molecular formula is C19H24F2N2O8. The standard InChI is InChI=1S/C19H24F2N2O8/c1-19(2,3)31-18(26)22(4)10-7-12(20)14(13(21)8-10)11(9-23(27)28)15(16(24)29-5)17(25)30-6/h7-8,11,15H,9H2,1-6H3/t11-/m0/s1. The molecule has 0 saturated carbocycles. The van der Waals surface area contributed by atoms with Crippen LogP contribution >= 0.6 is 0 Å². The van der Waals surface area contributed by atoms with Crippen LogP contribution in [0.5, 0.6) is 0 Å². The first kappa shape index (κ1) is 25.7. The van der Waals surface area contributed by atoms with Crippen molar-refractivity contribution in [2.75, 3.05) is 32.7 Å². The molecule has 0 aromatic heterocycles. The number of nitro groups is 1. The van der Waals surface area contributed by atoms with Crippen LogP contribution in [0.4, 0.5) is 19.3 Å². The smallest absolute Gasteiger partial charge is 0.414 e. The molecule has 0 bridgehead atoms. The Labute approximate surface area is 177 Å². The van der Waals surface area contributed by atoms with Gasteiger partial charge in [0.15, 0.2) is 5.92 Å². The normalized spacial score (nSPS) is 12.2. The number of benzene rings is 1. The number of hydrogen-bond donors (Lipinski definition) is 0. The molecule has 0 spiro atoms. The van der Waals surface area contributed by atoms with Gasteiger partial charge in [0.05, 0.1) is 25.8 Å². The zero-order valence-electron chi connectivity index (χ0n) is 17.9. The average molecular weight is 446 g/mol. The van der Waals surface area contributed by atoms with Crippen molar-refractivity contribution < 1.29 is 42.3 Å². The van der Waals surface area contributed by atoms with E-state index in [0.717, 1.165) is 31.3 Å². The molecule has 0 aliphatic heterocycles. The van der Waals surface area contributed by atoms with Gasteiger partial charge in [-0.2, -0.15) is 0 Å². The van der Waals surface area contributed by atoms with Crippen LogP contribution in [0, 0.1) is 27.7 Å². The molecule has 10 nitrogen and oxygen atoms in total. The highest BCUT2D eigenvalue weighted by atomic mass is 19.1. The van der Waals surface area contributed by atoms with Crippen LogP contribution in [0.15, 0.2) is 12.1 Å². The van der Waals surface area contributed by atoms with Gasteiger partial charge in [0.2, 0.25) is 6.54 Å². The van der Waals surface area contributed by atoms with Crippen molar-refractivity contribution in [3.8, 4) is 0 Å². The van der Waals surface area contributed by atoms with E-state index in [4.69, 9.17) is 4.74 Å². The zero-order chi connectivity index (χ0) is 24.1. The van der Waals surface area contributed by atoms with Crippen molar-refractivity contribution in [3.05, 3.63) is 39.4 Å². The molecule has 1 rings (SSSR count). The fourth-order valence-corrected chi connectivity index (χ4v) is 2.76. The monoisotopic (exact) mass is 446 g/mol. The summed E-state index contributed by atoms with van der Waals surface area (Å²) >= 11 is 0. The summed E-state index contributed by atoms with van der Waals surface area (Å²) in [5, 5.41) is 11.1. The Morgan fingerprint density at radius 2 is 1.55 bits per heavy atom. The Morgan fingerprint density at radius 1 is 1.10 bits per heavy atom. The lowest BCUT2D eigenvalue weighted by molar-refractivity contribution is -0.484. The Kier molecular flexibility index (Phi) is 8.41. The molecule has 31 heavy (non-hydrogen) atoms. The molecule has 0 N–H and O–H groups in total. The highest BCUT2D eigenvalue weighted by Gasteiger charge is 2.43. The second-order valence-corrected chi connectivity index (χ2v) is 7.51. The van der Waals surface area contributed by atoms with Gasteiger partial charge in [-0.05, 0) is 32.9 Å². The fraction of sp³-hybridized carbons (Fsp3) is 0.526. The summed E-state index contributed by atoms with van der Waals surface area (Å²) in [5.74, 6) is -8.99. The number of halogens is 2. The van der Waals surface area contributed by atoms with Gasteiger partial charge in [-0.1, -0.05) is 0 Å². The van der Waals surface area contributed by atoms with E-state index in [1.165, 1.54) is 7.05 Å². The van der Waals surface area contributed by atoms with Gasteiger partial charge in [-0.15, -0.1) is 0 Å². The number of ether oxygens (including phenoxy) is 3. The molecule has 1 amide bonds. The molecule has 12 heteroatoms. The highest BCUT2D eigenvalue weighted by molar-refractivity contribution is 5.96. The summed E-state index contributed by atoms with van der Waals surface area (Å²) in [6.07, 6.45) is -0.900. The number of rotatable bonds is 7. The summed E-state index contributed by atoms with van der Waals surface area (Å²) < 4.78 is 43.9. The molecule has 0 radical (unpaired) electrons. The molecule has 0 aliphatic carbocycles. The van der Waals surface area contributed by atoms with Crippen LogP contribution in [0.25, 0.3) is 0 Å². The van der Waals surface area contributed by atoms with Crippen molar-refractivity contribution in [1.82, 2.24) is 0 Å². The first-order chi connectivity index (χ1) is 14.2. The Morgan fingerprint density at radius 3 is 1.90 bits per heavy atom. The van der Waals surface area contributed by atoms with E-state index >= 15 is 0 Å². The minimum atomic E-state index is -1.99. The third-order valence-corrected chi connectivity index (χ3v) is 4.15. The fourth-order valence-electron chi connectivity index (χ4n) is 2.76. The lowest BCUT2D eigenvalue weighted by Gasteiger charge is -2.26. The Balaban J connectivity index is 3.51. The van der Waals surface area contributed by atoms with E-state index in [2.05, 4.69) is 9.47 Å². The molecule has 172 valence electrons. The van der Waals surface area contributed by atoms with Crippen LogP contribution in [0.2, 0.25) is 0 Å². The second kappa shape index (κ2) is 10.1. The topological polar surface area (TPSA) is 125 Å². The Hall–Kier alpha value is -3.31. The quantitative estimate of drug-likeness (QED) is 0.206. The largest absolute Gasteiger partial charge is 0.468 e. The summed E-state index contributed by atoms with van der Waals surface area (Å²) in [6, 6.07) is 1.47. The molecule has 0 aliphatic rings. The maximum Gasteiger partial charge on any atom is 0.414 e. The van der Waals surface area contributed by atoms with Gasteiger partial charge >= 0.3 is 18.0 Å². The minimum absolute atomic E-state index is 0.250. The van der Waals surface area contributed by atoms with E-state index in [0.29, 0.717) is 0 Å².